The highest BCUT2D eigenvalue weighted by Crippen LogP contribution is 2.16. The number of nitrogens with zero attached hydrogens (tertiary/aromatic N) is 2. The Morgan fingerprint density at radius 3 is 2.68 bits per heavy atom. The standard InChI is InChI=1S/C16H23N3/c1-13-6-4-5-7-16(13)9-14(10-17-2)8-15-11-18-19(3)12-15/h4-7,11-12,14,17H,8-10H2,1-3H3. The summed E-state index contributed by atoms with van der Waals surface area (Å²) in [4.78, 5) is 0. The maximum atomic E-state index is 4.25. The van der Waals surface area contributed by atoms with Gasteiger partial charge in [0.25, 0.3) is 0 Å². The number of rotatable bonds is 6. The van der Waals surface area contributed by atoms with Crippen LogP contribution in [0.25, 0.3) is 0 Å². The molecule has 0 aliphatic rings. The van der Waals surface area contributed by atoms with Crippen LogP contribution in [0.2, 0.25) is 0 Å². The van der Waals surface area contributed by atoms with Gasteiger partial charge >= 0.3 is 0 Å². The van der Waals surface area contributed by atoms with Crippen molar-refractivity contribution in [1.29, 1.82) is 0 Å². The third kappa shape index (κ3) is 3.93. The van der Waals surface area contributed by atoms with Gasteiger partial charge in [0.05, 0.1) is 6.20 Å². The molecular weight excluding hydrogens is 234 g/mol. The lowest BCUT2D eigenvalue weighted by atomic mass is 9.91. The van der Waals surface area contributed by atoms with E-state index in [9.17, 15) is 0 Å². The summed E-state index contributed by atoms with van der Waals surface area (Å²) < 4.78 is 1.87. The van der Waals surface area contributed by atoms with Crippen LogP contribution >= 0.6 is 0 Å². The van der Waals surface area contributed by atoms with Crippen LogP contribution in [0, 0.1) is 12.8 Å². The molecule has 2 aromatic rings. The second-order valence-electron chi connectivity index (χ2n) is 5.28. The summed E-state index contributed by atoms with van der Waals surface area (Å²) in [6.45, 7) is 3.22. The first-order chi connectivity index (χ1) is 9.19. The van der Waals surface area contributed by atoms with E-state index in [-0.39, 0.29) is 0 Å². The minimum Gasteiger partial charge on any atom is -0.319 e. The van der Waals surface area contributed by atoms with Crippen molar-refractivity contribution >= 4 is 0 Å². The molecule has 2 rings (SSSR count). The summed E-state index contributed by atoms with van der Waals surface area (Å²) in [5.41, 5.74) is 4.15. The molecule has 1 aromatic carbocycles. The molecule has 0 spiro atoms. The molecule has 0 aliphatic carbocycles. The third-order valence-electron chi connectivity index (χ3n) is 3.55. The molecule has 0 aliphatic heterocycles. The van der Waals surface area contributed by atoms with Crippen molar-refractivity contribution in [3.63, 3.8) is 0 Å². The Kier molecular flexibility index (Phi) is 4.74. The van der Waals surface area contributed by atoms with Crippen LogP contribution in [0.4, 0.5) is 0 Å². The highest BCUT2D eigenvalue weighted by molar-refractivity contribution is 5.26. The van der Waals surface area contributed by atoms with Crippen molar-refractivity contribution in [2.75, 3.05) is 13.6 Å². The minimum absolute atomic E-state index is 0.607. The highest BCUT2D eigenvalue weighted by Gasteiger charge is 2.12. The lowest BCUT2D eigenvalue weighted by Gasteiger charge is -2.17. The monoisotopic (exact) mass is 257 g/mol. The van der Waals surface area contributed by atoms with E-state index in [1.165, 1.54) is 16.7 Å². The van der Waals surface area contributed by atoms with Crippen molar-refractivity contribution in [2.24, 2.45) is 13.0 Å². The van der Waals surface area contributed by atoms with Gasteiger partial charge in [-0.05, 0) is 56.0 Å². The topological polar surface area (TPSA) is 29.9 Å². The zero-order valence-corrected chi connectivity index (χ0v) is 12.1. The molecule has 1 N–H and O–H groups in total. The Morgan fingerprint density at radius 2 is 2.05 bits per heavy atom. The molecule has 1 aromatic heterocycles. The lowest BCUT2D eigenvalue weighted by molar-refractivity contribution is 0.492. The molecule has 0 amide bonds. The van der Waals surface area contributed by atoms with E-state index in [1.54, 1.807) is 0 Å². The Bertz CT molecular complexity index is 516. The average Bonchev–Trinajstić information content (AvgIpc) is 2.78. The van der Waals surface area contributed by atoms with Crippen LogP contribution in [0.15, 0.2) is 36.7 Å². The van der Waals surface area contributed by atoms with Gasteiger partial charge in [0.2, 0.25) is 0 Å². The first-order valence-corrected chi connectivity index (χ1v) is 6.85. The number of benzene rings is 1. The van der Waals surface area contributed by atoms with E-state index in [0.717, 1.165) is 19.4 Å². The molecule has 0 saturated heterocycles. The van der Waals surface area contributed by atoms with E-state index in [1.807, 2.05) is 25.0 Å². The van der Waals surface area contributed by atoms with Gasteiger partial charge in [-0.2, -0.15) is 5.10 Å². The van der Waals surface area contributed by atoms with Gasteiger partial charge in [-0.3, -0.25) is 4.68 Å². The predicted octanol–water partition coefficient (Wildman–Crippen LogP) is 2.35. The van der Waals surface area contributed by atoms with Crippen molar-refractivity contribution in [3.8, 4) is 0 Å². The minimum atomic E-state index is 0.607. The number of nitrogens with one attached hydrogen (secondary N) is 1. The molecule has 0 saturated carbocycles. The fourth-order valence-corrected chi connectivity index (χ4v) is 2.57. The van der Waals surface area contributed by atoms with Crippen LogP contribution < -0.4 is 5.32 Å². The average molecular weight is 257 g/mol. The molecule has 1 unspecified atom stereocenters. The summed E-state index contributed by atoms with van der Waals surface area (Å²) >= 11 is 0. The SMILES string of the molecule is CNCC(Cc1cnn(C)c1)Cc1ccccc1C. The second kappa shape index (κ2) is 6.53. The number of hydrogen-bond donors (Lipinski definition) is 1. The summed E-state index contributed by atoms with van der Waals surface area (Å²) in [7, 11) is 3.99. The van der Waals surface area contributed by atoms with Crippen LogP contribution in [-0.2, 0) is 19.9 Å². The molecule has 102 valence electrons. The number of aryl methyl sites for hydroxylation is 2. The van der Waals surface area contributed by atoms with Gasteiger partial charge in [0, 0.05) is 13.2 Å². The van der Waals surface area contributed by atoms with Crippen LogP contribution in [0.1, 0.15) is 16.7 Å². The largest absolute Gasteiger partial charge is 0.319 e. The van der Waals surface area contributed by atoms with Gasteiger partial charge in [0.1, 0.15) is 0 Å². The van der Waals surface area contributed by atoms with Crippen molar-refractivity contribution in [3.05, 3.63) is 53.3 Å². The van der Waals surface area contributed by atoms with E-state index in [4.69, 9.17) is 0 Å². The Balaban J connectivity index is 2.06. The van der Waals surface area contributed by atoms with Crippen molar-refractivity contribution in [1.82, 2.24) is 15.1 Å². The molecule has 19 heavy (non-hydrogen) atoms. The van der Waals surface area contributed by atoms with Crippen molar-refractivity contribution in [2.45, 2.75) is 19.8 Å². The molecule has 0 bridgehead atoms. The quantitative estimate of drug-likeness (QED) is 0.861. The summed E-state index contributed by atoms with van der Waals surface area (Å²) in [6, 6.07) is 8.66. The smallest absolute Gasteiger partial charge is 0.0521 e. The van der Waals surface area contributed by atoms with Gasteiger partial charge in [-0.25, -0.2) is 0 Å². The zero-order valence-electron chi connectivity index (χ0n) is 12.1. The maximum absolute atomic E-state index is 4.25. The molecule has 1 heterocycles. The van der Waals surface area contributed by atoms with Gasteiger partial charge < -0.3 is 5.32 Å². The van der Waals surface area contributed by atoms with Crippen LogP contribution in [-0.4, -0.2) is 23.4 Å². The van der Waals surface area contributed by atoms with Gasteiger partial charge in [0.15, 0.2) is 0 Å². The second-order valence-corrected chi connectivity index (χ2v) is 5.28. The van der Waals surface area contributed by atoms with Crippen LogP contribution in [0.3, 0.4) is 0 Å². The molecule has 0 fully saturated rings. The first kappa shape index (κ1) is 13.8. The highest BCUT2D eigenvalue weighted by atomic mass is 15.2. The van der Waals surface area contributed by atoms with E-state index < -0.39 is 0 Å². The summed E-state index contributed by atoms with van der Waals surface area (Å²) in [6.07, 6.45) is 6.27. The fourth-order valence-electron chi connectivity index (χ4n) is 2.57. The Hall–Kier alpha value is -1.61. The Labute approximate surface area is 115 Å². The maximum Gasteiger partial charge on any atom is 0.0521 e. The molecule has 3 nitrogen and oxygen atoms in total. The molecular formula is C16H23N3. The fraction of sp³-hybridized carbons (Fsp3) is 0.438. The number of hydrogen-bond acceptors (Lipinski definition) is 2. The van der Waals surface area contributed by atoms with E-state index in [2.05, 4.69) is 47.8 Å². The van der Waals surface area contributed by atoms with Crippen LogP contribution in [0.5, 0.6) is 0 Å². The van der Waals surface area contributed by atoms with E-state index >= 15 is 0 Å². The molecule has 1 atom stereocenters. The predicted molar refractivity (Wildman–Crippen MR) is 79.2 cm³/mol. The molecule has 0 radical (unpaired) electrons. The summed E-state index contributed by atoms with van der Waals surface area (Å²) in [5.74, 6) is 0.607. The van der Waals surface area contributed by atoms with Crippen molar-refractivity contribution < 1.29 is 0 Å². The van der Waals surface area contributed by atoms with Gasteiger partial charge in [-0.15, -0.1) is 0 Å². The number of aromatic nitrogens is 2. The first-order valence-electron chi connectivity index (χ1n) is 6.85. The van der Waals surface area contributed by atoms with E-state index in [0.29, 0.717) is 5.92 Å². The summed E-state index contributed by atoms with van der Waals surface area (Å²) in [5, 5.41) is 7.56. The normalized spacial score (nSPS) is 12.6. The zero-order chi connectivity index (χ0) is 13.7. The Morgan fingerprint density at radius 1 is 1.26 bits per heavy atom. The van der Waals surface area contributed by atoms with Gasteiger partial charge in [-0.1, -0.05) is 24.3 Å². The third-order valence-corrected chi connectivity index (χ3v) is 3.55. The molecule has 3 heteroatoms. The lowest BCUT2D eigenvalue weighted by Crippen LogP contribution is -2.23.